The lowest BCUT2D eigenvalue weighted by atomic mass is 10.1. The Balaban J connectivity index is 1.83. The van der Waals surface area contributed by atoms with Crippen LogP contribution >= 0.6 is 23.1 Å². The predicted octanol–water partition coefficient (Wildman–Crippen LogP) is 2.20. The Bertz CT molecular complexity index is 293. The van der Waals surface area contributed by atoms with Crippen LogP contribution in [0.2, 0.25) is 0 Å². The largest absolute Gasteiger partial charge is 0.319 e. The van der Waals surface area contributed by atoms with Crippen LogP contribution in [0.4, 0.5) is 0 Å². The molecular formula is C11H18N2S2. The van der Waals surface area contributed by atoms with Crippen LogP contribution in [0.1, 0.15) is 16.3 Å². The monoisotopic (exact) mass is 242 g/mol. The van der Waals surface area contributed by atoms with Gasteiger partial charge in [-0.3, -0.25) is 0 Å². The maximum absolute atomic E-state index is 4.51. The van der Waals surface area contributed by atoms with E-state index in [1.165, 1.54) is 34.2 Å². The minimum absolute atomic E-state index is 0.887. The lowest BCUT2D eigenvalue weighted by Crippen LogP contribution is -2.09. The van der Waals surface area contributed by atoms with Gasteiger partial charge in [0.2, 0.25) is 0 Å². The van der Waals surface area contributed by atoms with Crippen molar-refractivity contribution in [2.75, 3.05) is 25.1 Å². The summed E-state index contributed by atoms with van der Waals surface area (Å²) in [5.74, 6) is 3.58. The summed E-state index contributed by atoms with van der Waals surface area (Å²) < 4.78 is 0. The van der Waals surface area contributed by atoms with Crippen LogP contribution in [-0.2, 0) is 12.8 Å². The lowest BCUT2D eigenvalue weighted by Gasteiger charge is -2.03. The second kappa shape index (κ2) is 5.87. The van der Waals surface area contributed by atoms with Crippen molar-refractivity contribution in [1.29, 1.82) is 0 Å². The van der Waals surface area contributed by atoms with E-state index in [-0.39, 0.29) is 0 Å². The lowest BCUT2D eigenvalue weighted by molar-refractivity contribution is 0.594. The van der Waals surface area contributed by atoms with Crippen molar-refractivity contribution in [1.82, 2.24) is 10.3 Å². The molecule has 0 spiro atoms. The molecule has 0 radical (unpaired) electrons. The minimum Gasteiger partial charge on any atom is -0.319 e. The topological polar surface area (TPSA) is 24.9 Å². The number of aromatic nitrogens is 1. The third-order valence-electron chi connectivity index (χ3n) is 2.71. The maximum atomic E-state index is 4.51. The normalized spacial score (nSPS) is 21.0. The first-order chi connectivity index (χ1) is 7.38. The third kappa shape index (κ3) is 3.47. The van der Waals surface area contributed by atoms with Crippen LogP contribution < -0.4 is 5.32 Å². The SMILES string of the molecule is CNCCc1cnc(CC2CCSC2)s1. The molecule has 4 heteroatoms. The van der Waals surface area contributed by atoms with Gasteiger partial charge in [0.1, 0.15) is 0 Å². The first kappa shape index (κ1) is 11.4. The third-order valence-corrected chi connectivity index (χ3v) is 5.02. The number of thioether (sulfide) groups is 1. The van der Waals surface area contributed by atoms with Gasteiger partial charge in [-0.2, -0.15) is 11.8 Å². The number of hydrogen-bond acceptors (Lipinski definition) is 4. The fraction of sp³-hybridized carbons (Fsp3) is 0.727. The smallest absolute Gasteiger partial charge is 0.0930 e. The molecule has 15 heavy (non-hydrogen) atoms. The van der Waals surface area contributed by atoms with Crippen molar-refractivity contribution in [3.63, 3.8) is 0 Å². The Labute approximate surface area is 99.9 Å². The van der Waals surface area contributed by atoms with Gasteiger partial charge in [-0.15, -0.1) is 11.3 Å². The molecule has 1 saturated heterocycles. The molecule has 0 amide bonds. The predicted molar refractivity (Wildman–Crippen MR) is 68.9 cm³/mol. The number of likely N-dealkylation sites (N-methyl/N-ethyl adjacent to an activating group) is 1. The van der Waals surface area contributed by atoms with E-state index in [0.29, 0.717) is 0 Å². The summed E-state index contributed by atoms with van der Waals surface area (Å²) in [6.07, 6.45) is 5.76. The molecule has 1 aliphatic rings. The average Bonchev–Trinajstić information content (AvgIpc) is 2.87. The molecule has 1 aromatic heterocycles. The molecule has 0 bridgehead atoms. The molecule has 1 aromatic rings. The molecule has 84 valence electrons. The van der Waals surface area contributed by atoms with Gasteiger partial charge in [-0.1, -0.05) is 0 Å². The Morgan fingerprint density at radius 3 is 3.27 bits per heavy atom. The molecule has 1 atom stereocenters. The summed E-state index contributed by atoms with van der Waals surface area (Å²) in [5, 5.41) is 4.52. The van der Waals surface area contributed by atoms with Crippen molar-refractivity contribution >= 4 is 23.1 Å². The van der Waals surface area contributed by atoms with Gasteiger partial charge in [0, 0.05) is 17.5 Å². The number of thiazole rings is 1. The van der Waals surface area contributed by atoms with E-state index < -0.39 is 0 Å². The summed E-state index contributed by atoms with van der Waals surface area (Å²) in [5.41, 5.74) is 0. The van der Waals surface area contributed by atoms with Gasteiger partial charge in [0.25, 0.3) is 0 Å². The Kier molecular flexibility index (Phi) is 4.47. The van der Waals surface area contributed by atoms with Crippen molar-refractivity contribution in [3.8, 4) is 0 Å². The van der Waals surface area contributed by atoms with E-state index in [0.717, 1.165) is 18.9 Å². The number of rotatable bonds is 5. The van der Waals surface area contributed by atoms with Gasteiger partial charge < -0.3 is 5.32 Å². The first-order valence-corrected chi connectivity index (χ1v) is 7.51. The summed E-state index contributed by atoms with van der Waals surface area (Å²) >= 11 is 3.99. The summed E-state index contributed by atoms with van der Waals surface area (Å²) in [6, 6.07) is 0. The highest BCUT2D eigenvalue weighted by molar-refractivity contribution is 7.99. The molecule has 2 nitrogen and oxygen atoms in total. The van der Waals surface area contributed by atoms with Gasteiger partial charge in [0.15, 0.2) is 0 Å². The van der Waals surface area contributed by atoms with Crippen LogP contribution in [0, 0.1) is 5.92 Å². The Morgan fingerprint density at radius 2 is 2.53 bits per heavy atom. The Morgan fingerprint density at radius 1 is 1.60 bits per heavy atom. The van der Waals surface area contributed by atoms with Crippen LogP contribution in [0.3, 0.4) is 0 Å². The maximum Gasteiger partial charge on any atom is 0.0930 e. The number of nitrogens with zero attached hydrogens (tertiary/aromatic N) is 1. The van der Waals surface area contributed by atoms with E-state index >= 15 is 0 Å². The van der Waals surface area contributed by atoms with Crippen LogP contribution in [0.25, 0.3) is 0 Å². The van der Waals surface area contributed by atoms with Crippen LogP contribution in [-0.4, -0.2) is 30.1 Å². The molecule has 1 unspecified atom stereocenters. The van der Waals surface area contributed by atoms with Crippen molar-refractivity contribution in [2.24, 2.45) is 5.92 Å². The molecule has 1 N–H and O–H groups in total. The Hall–Kier alpha value is -0.0600. The summed E-state index contributed by atoms with van der Waals surface area (Å²) in [4.78, 5) is 5.94. The molecular weight excluding hydrogens is 224 g/mol. The van der Waals surface area contributed by atoms with E-state index in [1.54, 1.807) is 0 Å². The van der Waals surface area contributed by atoms with Crippen molar-refractivity contribution in [2.45, 2.75) is 19.3 Å². The molecule has 1 aliphatic heterocycles. The van der Waals surface area contributed by atoms with E-state index in [4.69, 9.17) is 0 Å². The molecule has 0 saturated carbocycles. The zero-order valence-corrected chi connectivity index (χ0v) is 10.8. The quantitative estimate of drug-likeness (QED) is 0.857. The van der Waals surface area contributed by atoms with Gasteiger partial charge in [0.05, 0.1) is 5.01 Å². The van der Waals surface area contributed by atoms with Crippen molar-refractivity contribution < 1.29 is 0 Å². The summed E-state index contributed by atoms with van der Waals surface area (Å²) in [7, 11) is 2.00. The van der Waals surface area contributed by atoms with E-state index in [1.807, 2.05) is 18.4 Å². The van der Waals surface area contributed by atoms with Gasteiger partial charge >= 0.3 is 0 Å². The number of hydrogen-bond donors (Lipinski definition) is 1. The standard InChI is InChI=1S/C11H18N2S2/c1-12-4-2-10-7-13-11(15-10)6-9-3-5-14-8-9/h7,9,12H,2-6,8H2,1H3. The molecule has 1 fully saturated rings. The van der Waals surface area contributed by atoms with Crippen LogP contribution in [0.5, 0.6) is 0 Å². The molecule has 2 rings (SSSR count). The second-order valence-corrected chi connectivity index (χ2v) is 6.36. The highest BCUT2D eigenvalue weighted by Crippen LogP contribution is 2.27. The van der Waals surface area contributed by atoms with Crippen LogP contribution in [0.15, 0.2) is 6.20 Å². The first-order valence-electron chi connectivity index (χ1n) is 5.54. The molecule has 0 aromatic carbocycles. The zero-order chi connectivity index (χ0) is 10.5. The van der Waals surface area contributed by atoms with E-state index in [2.05, 4.69) is 28.3 Å². The highest BCUT2D eigenvalue weighted by atomic mass is 32.2. The fourth-order valence-electron chi connectivity index (χ4n) is 1.80. The summed E-state index contributed by atoms with van der Waals surface area (Å²) in [6.45, 7) is 1.06. The minimum atomic E-state index is 0.887. The van der Waals surface area contributed by atoms with E-state index in [9.17, 15) is 0 Å². The van der Waals surface area contributed by atoms with Gasteiger partial charge in [-0.05, 0) is 43.9 Å². The number of nitrogens with one attached hydrogen (secondary N) is 1. The molecule has 2 heterocycles. The second-order valence-electron chi connectivity index (χ2n) is 4.01. The average molecular weight is 242 g/mol. The fourth-order valence-corrected chi connectivity index (χ4v) is 4.12. The molecule has 0 aliphatic carbocycles. The highest BCUT2D eigenvalue weighted by Gasteiger charge is 2.17. The van der Waals surface area contributed by atoms with Gasteiger partial charge in [-0.25, -0.2) is 4.98 Å². The zero-order valence-electron chi connectivity index (χ0n) is 9.16. The van der Waals surface area contributed by atoms with Crippen molar-refractivity contribution in [3.05, 3.63) is 16.1 Å².